The zero-order valence-corrected chi connectivity index (χ0v) is 11.3. The van der Waals surface area contributed by atoms with Gasteiger partial charge in [0.25, 0.3) is 0 Å². The standard InChI is InChI=1S/C13H22NP/c1-11(12-9-7-6-8-10-12)14-15(5)13(2,3)4/h6-11,14H,1-5H3/t11-,15?/m1/s1. The van der Waals surface area contributed by atoms with Crippen molar-refractivity contribution in [2.24, 2.45) is 0 Å². The normalized spacial score (nSPS) is 16.1. The number of nitrogens with one attached hydrogen (secondary N) is 1. The maximum atomic E-state index is 3.70. The molecule has 0 aliphatic heterocycles. The molecule has 15 heavy (non-hydrogen) atoms. The Kier molecular flexibility index (Phi) is 4.31. The number of rotatable bonds is 3. The Morgan fingerprint density at radius 1 is 1.13 bits per heavy atom. The maximum Gasteiger partial charge on any atom is 0.0328 e. The predicted molar refractivity (Wildman–Crippen MR) is 70.6 cm³/mol. The second kappa shape index (κ2) is 5.09. The second-order valence-electron chi connectivity index (χ2n) is 4.99. The van der Waals surface area contributed by atoms with Crippen LogP contribution in [0.4, 0.5) is 0 Å². The van der Waals surface area contributed by atoms with Crippen molar-refractivity contribution in [3.63, 3.8) is 0 Å². The van der Waals surface area contributed by atoms with Crippen LogP contribution in [0.25, 0.3) is 0 Å². The quantitative estimate of drug-likeness (QED) is 0.758. The van der Waals surface area contributed by atoms with Crippen LogP contribution in [0.2, 0.25) is 0 Å². The number of hydrogen-bond donors (Lipinski definition) is 1. The molecule has 2 heteroatoms. The van der Waals surface area contributed by atoms with Gasteiger partial charge >= 0.3 is 0 Å². The van der Waals surface area contributed by atoms with E-state index in [-0.39, 0.29) is 8.07 Å². The van der Waals surface area contributed by atoms with Crippen LogP contribution in [0.1, 0.15) is 39.3 Å². The van der Waals surface area contributed by atoms with Crippen LogP contribution >= 0.6 is 8.07 Å². The van der Waals surface area contributed by atoms with Crippen molar-refractivity contribution in [2.75, 3.05) is 6.66 Å². The maximum absolute atomic E-state index is 3.70. The van der Waals surface area contributed by atoms with Crippen molar-refractivity contribution in [2.45, 2.75) is 38.9 Å². The lowest BCUT2D eigenvalue weighted by Crippen LogP contribution is -2.23. The van der Waals surface area contributed by atoms with E-state index in [2.05, 4.69) is 69.8 Å². The molecule has 1 unspecified atom stereocenters. The molecule has 0 saturated carbocycles. The second-order valence-corrected chi connectivity index (χ2v) is 7.71. The van der Waals surface area contributed by atoms with Crippen molar-refractivity contribution in [3.8, 4) is 0 Å². The van der Waals surface area contributed by atoms with Gasteiger partial charge in [0.05, 0.1) is 0 Å². The highest BCUT2D eigenvalue weighted by atomic mass is 31.1. The van der Waals surface area contributed by atoms with E-state index < -0.39 is 0 Å². The lowest BCUT2D eigenvalue weighted by atomic mass is 10.1. The highest BCUT2D eigenvalue weighted by molar-refractivity contribution is 7.56. The summed E-state index contributed by atoms with van der Waals surface area (Å²) in [4.78, 5) is 0. The van der Waals surface area contributed by atoms with E-state index in [4.69, 9.17) is 0 Å². The van der Waals surface area contributed by atoms with Gasteiger partial charge in [0, 0.05) is 6.04 Å². The molecule has 0 bridgehead atoms. The van der Waals surface area contributed by atoms with Gasteiger partial charge < -0.3 is 0 Å². The molecule has 1 aromatic rings. The summed E-state index contributed by atoms with van der Waals surface area (Å²) in [6, 6.07) is 11.1. The van der Waals surface area contributed by atoms with Gasteiger partial charge in [-0.15, -0.1) is 0 Å². The minimum Gasteiger partial charge on any atom is -0.289 e. The molecule has 1 aromatic carbocycles. The molecular weight excluding hydrogens is 201 g/mol. The number of hydrogen-bond acceptors (Lipinski definition) is 1. The molecule has 0 aliphatic rings. The topological polar surface area (TPSA) is 12.0 Å². The molecule has 0 aromatic heterocycles. The van der Waals surface area contributed by atoms with Crippen LogP contribution in [0.3, 0.4) is 0 Å². The summed E-state index contributed by atoms with van der Waals surface area (Å²) in [5.74, 6) is 0. The Balaban J connectivity index is 2.61. The first-order valence-electron chi connectivity index (χ1n) is 5.46. The summed E-state index contributed by atoms with van der Waals surface area (Å²) in [6.07, 6.45) is 0. The van der Waals surface area contributed by atoms with Crippen LogP contribution in [0, 0.1) is 0 Å². The Hall–Kier alpha value is -0.390. The predicted octanol–water partition coefficient (Wildman–Crippen LogP) is 4.16. The zero-order chi connectivity index (χ0) is 11.5. The minimum absolute atomic E-state index is 0.135. The van der Waals surface area contributed by atoms with Crippen LogP contribution in [0.5, 0.6) is 0 Å². The Morgan fingerprint density at radius 3 is 2.13 bits per heavy atom. The van der Waals surface area contributed by atoms with E-state index in [1.54, 1.807) is 0 Å². The highest BCUT2D eigenvalue weighted by Crippen LogP contribution is 2.43. The molecule has 0 spiro atoms. The van der Waals surface area contributed by atoms with Crippen molar-refractivity contribution in [1.82, 2.24) is 5.09 Å². The first-order chi connectivity index (χ1) is 6.91. The third-order valence-electron chi connectivity index (χ3n) is 2.69. The zero-order valence-electron chi connectivity index (χ0n) is 10.4. The highest BCUT2D eigenvalue weighted by Gasteiger charge is 2.21. The molecule has 1 N–H and O–H groups in total. The van der Waals surface area contributed by atoms with Crippen molar-refractivity contribution in [3.05, 3.63) is 35.9 Å². The Labute approximate surface area is 95.1 Å². The molecule has 0 aliphatic carbocycles. The van der Waals surface area contributed by atoms with Crippen molar-refractivity contribution in [1.29, 1.82) is 0 Å². The van der Waals surface area contributed by atoms with E-state index in [1.165, 1.54) is 5.56 Å². The first-order valence-corrected chi connectivity index (χ1v) is 7.25. The third kappa shape index (κ3) is 3.93. The fourth-order valence-corrected chi connectivity index (χ4v) is 2.42. The molecule has 1 nitrogen and oxygen atoms in total. The van der Waals surface area contributed by atoms with Crippen LogP contribution in [-0.2, 0) is 0 Å². The molecule has 0 saturated heterocycles. The molecule has 84 valence electrons. The molecule has 0 amide bonds. The van der Waals surface area contributed by atoms with Crippen molar-refractivity contribution >= 4 is 8.07 Å². The lowest BCUT2D eigenvalue weighted by Gasteiger charge is -2.31. The van der Waals surface area contributed by atoms with Gasteiger partial charge in [-0.25, -0.2) is 0 Å². The van der Waals surface area contributed by atoms with E-state index in [1.807, 2.05) is 0 Å². The average Bonchev–Trinajstić information content (AvgIpc) is 2.17. The monoisotopic (exact) mass is 223 g/mol. The summed E-state index contributed by atoms with van der Waals surface area (Å²) in [5.41, 5.74) is 1.37. The molecule has 2 atom stereocenters. The van der Waals surface area contributed by atoms with Gasteiger partial charge in [-0.1, -0.05) is 51.1 Å². The van der Waals surface area contributed by atoms with E-state index in [0.717, 1.165) is 0 Å². The Bertz CT molecular complexity index is 289. The fourth-order valence-electron chi connectivity index (χ4n) is 1.30. The van der Waals surface area contributed by atoms with E-state index >= 15 is 0 Å². The van der Waals surface area contributed by atoms with Gasteiger partial charge in [0.15, 0.2) is 0 Å². The van der Waals surface area contributed by atoms with Crippen LogP contribution in [-0.4, -0.2) is 11.8 Å². The van der Waals surface area contributed by atoms with Gasteiger partial charge in [0.2, 0.25) is 0 Å². The Morgan fingerprint density at radius 2 is 1.67 bits per heavy atom. The summed E-state index contributed by atoms with van der Waals surface area (Å²) in [5, 5.41) is 4.07. The average molecular weight is 223 g/mol. The smallest absolute Gasteiger partial charge is 0.0328 e. The van der Waals surface area contributed by atoms with Gasteiger partial charge in [-0.2, -0.15) is 0 Å². The van der Waals surface area contributed by atoms with E-state index in [0.29, 0.717) is 11.2 Å². The fraction of sp³-hybridized carbons (Fsp3) is 0.538. The largest absolute Gasteiger partial charge is 0.289 e. The molecular formula is C13H22NP. The van der Waals surface area contributed by atoms with E-state index in [9.17, 15) is 0 Å². The number of benzene rings is 1. The SMILES string of the molecule is C[C@@H](NP(C)C(C)(C)C)c1ccccc1. The van der Waals surface area contributed by atoms with Crippen LogP contribution in [0.15, 0.2) is 30.3 Å². The van der Waals surface area contributed by atoms with Gasteiger partial charge in [0.1, 0.15) is 0 Å². The molecule has 0 radical (unpaired) electrons. The summed E-state index contributed by atoms with van der Waals surface area (Å²) >= 11 is 0. The summed E-state index contributed by atoms with van der Waals surface area (Å²) in [6.45, 7) is 11.4. The van der Waals surface area contributed by atoms with Gasteiger partial charge in [-0.3, -0.25) is 5.09 Å². The molecule has 1 rings (SSSR count). The molecule has 0 fully saturated rings. The first kappa shape index (κ1) is 12.7. The third-order valence-corrected chi connectivity index (χ3v) is 5.48. The van der Waals surface area contributed by atoms with Crippen molar-refractivity contribution < 1.29 is 0 Å². The summed E-state index contributed by atoms with van der Waals surface area (Å²) in [7, 11) is -0.135. The molecule has 0 heterocycles. The lowest BCUT2D eigenvalue weighted by molar-refractivity contribution is 0.702. The summed E-state index contributed by atoms with van der Waals surface area (Å²) < 4.78 is 0. The van der Waals surface area contributed by atoms with Gasteiger partial charge in [-0.05, 0) is 32.4 Å². The van der Waals surface area contributed by atoms with Crippen LogP contribution < -0.4 is 5.09 Å². The minimum atomic E-state index is -0.135.